The standard InChI is InChI=1S/C7H7ClN2/c8-7-5-1-3-9-6(5)2-4-10-7/h3-4,6H,1-2H2. The Labute approximate surface area is 64.3 Å². The van der Waals surface area contributed by atoms with Crippen LogP contribution in [0, 0.1) is 0 Å². The van der Waals surface area contributed by atoms with Gasteiger partial charge in [-0.1, -0.05) is 11.6 Å². The number of fused-ring (bicyclic) bond motifs is 1. The molecule has 1 unspecified atom stereocenters. The molecule has 10 heavy (non-hydrogen) atoms. The highest BCUT2D eigenvalue weighted by Gasteiger charge is 2.21. The highest BCUT2D eigenvalue weighted by molar-refractivity contribution is 6.30. The Balaban J connectivity index is 2.38. The minimum atomic E-state index is 0.310. The second kappa shape index (κ2) is 2.20. The van der Waals surface area contributed by atoms with Crippen LogP contribution < -0.4 is 0 Å². The first kappa shape index (κ1) is 6.10. The fourth-order valence-corrected chi connectivity index (χ4v) is 1.52. The van der Waals surface area contributed by atoms with E-state index in [1.165, 1.54) is 5.57 Å². The molecule has 0 aromatic heterocycles. The topological polar surface area (TPSA) is 24.7 Å². The highest BCUT2D eigenvalue weighted by atomic mass is 35.5. The number of rotatable bonds is 0. The first-order valence-corrected chi connectivity index (χ1v) is 3.68. The third-order valence-corrected chi connectivity index (χ3v) is 2.14. The Morgan fingerprint density at radius 2 is 2.40 bits per heavy atom. The molecule has 0 saturated carbocycles. The third kappa shape index (κ3) is 0.797. The SMILES string of the molecule is ClC1=C2CC=NC2CC=N1. The molecule has 0 radical (unpaired) electrons. The molecule has 0 spiro atoms. The molecule has 52 valence electrons. The van der Waals surface area contributed by atoms with Crippen LogP contribution in [0.15, 0.2) is 20.7 Å². The van der Waals surface area contributed by atoms with E-state index < -0.39 is 0 Å². The number of aliphatic imine (C=N–C) groups is 2. The van der Waals surface area contributed by atoms with Gasteiger partial charge < -0.3 is 0 Å². The lowest BCUT2D eigenvalue weighted by Crippen LogP contribution is -2.08. The van der Waals surface area contributed by atoms with Crippen molar-refractivity contribution < 1.29 is 0 Å². The zero-order valence-electron chi connectivity index (χ0n) is 5.42. The van der Waals surface area contributed by atoms with Crippen molar-refractivity contribution in [3.8, 4) is 0 Å². The Kier molecular flexibility index (Phi) is 1.34. The monoisotopic (exact) mass is 154 g/mol. The van der Waals surface area contributed by atoms with Gasteiger partial charge in [0.05, 0.1) is 6.04 Å². The predicted octanol–water partition coefficient (Wildman–Crippen LogP) is 1.75. The van der Waals surface area contributed by atoms with E-state index in [2.05, 4.69) is 9.98 Å². The Morgan fingerprint density at radius 1 is 1.50 bits per heavy atom. The van der Waals surface area contributed by atoms with Gasteiger partial charge in [0.1, 0.15) is 5.16 Å². The van der Waals surface area contributed by atoms with E-state index in [0.717, 1.165) is 12.8 Å². The van der Waals surface area contributed by atoms with Gasteiger partial charge >= 0.3 is 0 Å². The minimum Gasteiger partial charge on any atom is -0.289 e. The van der Waals surface area contributed by atoms with Crippen LogP contribution in [0.5, 0.6) is 0 Å². The molecule has 2 aliphatic heterocycles. The summed E-state index contributed by atoms with van der Waals surface area (Å²) in [7, 11) is 0. The maximum absolute atomic E-state index is 5.82. The average Bonchev–Trinajstić information content (AvgIpc) is 2.36. The van der Waals surface area contributed by atoms with E-state index >= 15 is 0 Å². The van der Waals surface area contributed by atoms with Crippen LogP contribution in [0.4, 0.5) is 0 Å². The van der Waals surface area contributed by atoms with E-state index in [0.29, 0.717) is 11.2 Å². The second-order valence-electron chi connectivity index (χ2n) is 2.41. The Bertz CT molecular complexity index is 240. The first-order chi connectivity index (χ1) is 4.88. The van der Waals surface area contributed by atoms with Crippen molar-refractivity contribution in [3.05, 3.63) is 10.7 Å². The van der Waals surface area contributed by atoms with Crippen molar-refractivity contribution in [2.24, 2.45) is 9.98 Å². The van der Waals surface area contributed by atoms with Crippen molar-refractivity contribution in [1.29, 1.82) is 0 Å². The molecular formula is C7H7ClN2. The van der Waals surface area contributed by atoms with Gasteiger partial charge in [0.15, 0.2) is 0 Å². The summed E-state index contributed by atoms with van der Waals surface area (Å²) in [5.74, 6) is 0. The van der Waals surface area contributed by atoms with Crippen LogP contribution in [0.2, 0.25) is 0 Å². The maximum Gasteiger partial charge on any atom is 0.130 e. The van der Waals surface area contributed by atoms with Crippen LogP contribution in [-0.4, -0.2) is 18.5 Å². The summed E-state index contributed by atoms with van der Waals surface area (Å²) >= 11 is 5.82. The smallest absolute Gasteiger partial charge is 0.130 e. The lowest BCUT2D eigenvalue weighted by atomic mass is 10.1. The second-order valence-corrected chi connectivity index (χ2v) is 2.77. The van der Waals surface area contributed by atoms with Crippen LogP contribution in [0.1, 0.15) is 12.8 Å². The molecule has 0 bridgehead atoms. The summed E-state index contributed by atoms with van der Waals surface area (Å²) in [4.78, 5) is 8.26. The molecule has 0 aromatic carbocycles. The quantitative estimate of drug-likeness (QED) is 0.475. The average molecular weight is 155 g/mol. The molecule has 0 fully saturated rings. The van der Waals surface area contributed by atoms with E-state index in [1.807, 2.05) is 12.4 Å². The summed E-state index contributed by atoms with van der Waals surface area (Å²) in [6.45, 7) is 0. The molecule has 1 atom stereocenters. The molecule has 0 aromatic rings. The molecule has 0 aliphatic carbocycles. The Hall–Kier alpha value is -0.630. The highest BCUT2D eigenvalue weighted by Crippen LogP contribution is 2.28. The lowest BCUT2D eigenvalue weighted by Gasteiger charge is -2.11. The van der Waals surface area contributed by atoms with Gasteiger partial charge in [-0.3, -0.25) is 4.99 Å². The lowest BCUT2D eigenvalue weighted by molar-refractivity contribution is 0.820. The van der Waals surface area contributed by atoms with E-state index in [1.54, 1.807) is 0 Å². The van der Waals surface area contributed by atoms with Gasteiger partial charge in [0, 0.05) is 25.3 Å². The summed E-state index contributed by atoms with van der Waals surface area (Å²) in [5, 5.41) is 0.647. The van der Waals surface area contributed by atoms with Crippen molar-refractivity contribution >= 4 is 24.0 Å². The number of hydrogen-bond acceptors (Lipinski definition) is 2. The number of halogens is 1. The maximum atomic E-state index is 5.82. The van der Waals surface area contributed by atoms with Gasteiger partial charge in [0.2, 0.25) is 0 Å². The van der Waals surface area contributed by atoms with Gasteiger partial charge in [-0.15, -0.1) is 0 Å². The van der Waals surface area contributed by atoms with Crippen molar-refractivity contribution in [3.63, 3.8) is 0 Å². The zero-order valence-corrected chi connectivity index (χ0v) is 6.17. The molecule has 2 rings (SSSR count). The van der Waals surface area contributed by atoms with Crippen LogP contribution >= 0.6 is 11.6 Å². The molecule has 2 nitrogen and oxygen atoms in total. The summed E-state index contributed by atoms with van der Waals surface area (Å²) < 4.78 is 0. The summed E-state index contributed by atoms with van der Waals surface area (Å²) in [6.07, 6.45) is 5.55. The van der Waals surface area contributed by atoms with E-state index in [4.69, 9.17) is 11.6 Å². The first-order valence-electron chi connectivity index (χ1n) is 3.30. The fourth-order valence-electron chi connectivity index (χ4n) is 1.24. The zero-order chi connectivity index (χ0) is 6.97. The van der Waals surface area contributed by atoms with Crippen molar-refractivity contribution in [2.45, 2.75) is 18.9 Å². The van der Waals surface area contributed by atoms with Gasteiger partial charge in [-0.2, -0.15) is 0 Å². The molecule has 0 N–H and O–H groups in total. The van der Waals surface area contributed by atoms with Crippen molar-refractivity contribution in [2.75, 3.05) is 0 Å². The minimum absolute atomic E-state index is 0.310. The van der Waals surface area contributed by atoms with Crippen LogP contribution in [-0.2, 0) is 0 Å². The van der Waals surface area contributed by atoms with Gasteiger partial charge in [0.25, 0.3) is 0 Å². The molecular weight excluding hydrogens is 148 g/mol. The third-order valence-electron chi connectivity index (χ3n) is 1.80. The Morgan fingerprint density at radius 3 is 3.20 bits per heavy atom. The molecule has 0 amide bonds. The number of hydrogen-bond donors (Lipinski definition) is 0. The van der Waals surface area contributed by atoms with E-state index in [-0.39, 0.29) is 0 Å². The summed E-state index contributed by atoms with van der Waals surface area (Å²) in [5.41, 5.74) is 1.18. The molecule has 0 saturated heterocycles. The fraction of sp³-hybridized carbons (Fsp3) is 0.429. The molecule has 2 aliphatic rings. The summed E-state index contributed by atoms with van der Waals surface area (Å²) in [6, 6.07) is 0.310. The largest absolute Gasteiger partial charge is 0.289 e. The van der Waals surface area contributed by atoms with Gasteiger partial charge in [-0.25, -0.2) is 4.99 Å². The van der Waals surface area contributed by atoms with Gasteiger partial charge in [-0.05, 0) is 5.57 Å². The molecule has 3 heteroatoms. The molecule has 2 heterocycles. The van der Waals surface area contributed by atoms with Crippen molar-refractivity contribution in [1.82, 2.24) is 0 Å². The predicted molar refractivity (Wildman–Crippen MR) is 42.9 cm³/mol. The van der Waals surface area contributed by atoms with E-state index in [9.17, 15) is 0 Å². The normalized spacial score (nSPS) is 29.5. The van der Waals surface area contributed by atoms with Crippen LogP contribution in [0.3, 0.4) is 0 Å². The number of nitrogens with zero attached hydrogens (tertiary/aromatic N) is 2. The van der Waals surface area contributed by atoms with Crippen LogP contribution in [0.25, 0.3) is 0 Å².